The maximum atomic E-state index is 12.3. The summed E-state index contributed by atoms with van der Waals surface area (Å²) in [6.07, 6.45) is -4.43. The zero-order valence-corrected chi connectivity index (χ0v) is 19.4. The van der Waals surface area contributed by atoms with Crippen molar-refractivity contribution >= 4 is 35.8 Å². The van der Waals surface area contributed by atoms with E-state index in [0.717, 1.165) is 5.56 Å². The molecule has 0 aliphatic rings. The van der Waals surface area contributed by atoms with Crippen LogP contribution in [0.5, 0.6) is 11.5 Å². The van der Waals surface area contributed by atoms with Gasteiger partial charge in [-0.3, -0.25) is 9.79 Å². The number of methoxy groups -OCH3 is 1. The number of hydrogen-bond donors (Lipinski definition) is 3. The average Bonchev–Trinajstić information content (AvgIpc) is 2.58. The standard InChI is InChI=1S/C18H27F3N4O3.HI/c1-17(2,3)25-15(26)10-24-16(22-4)23-9-12-6-7-13(14(8-12)27-5)28-11-18(19,20)21;/h6-8H,9-11H2,1-5H3,(H,25,26)(H2,22,23,24);1H. The van der Waals surface area contributed by atoms with Gasteiger partial charge in [0, 0.05) is 19.1 Å². The molecule has 0 bridgehead atoms. The third kappa shape index (κ3) is 11.6. The molecule has 0 aliphatic heterocycles. The molecule has 1 aromatic rings. The highest BCUT2D eigenvalue weighted by atomic mass is 127. The number of rotatable bonds is 7. The molecule has 7 nitrogen and oxygen atoms in total. The molecular formula is C18H28F3IN4O3. The van der Waals surface area contributed by atoms with Crippen LogP contribution in [0.4, 0.5) is 13.2 Å². The fourth-order valence-electron chi connectivity index (χ4n) is 2.13. The summed E-state index contributed by atoms with van der Waals surface area (Å²) in [4.78, 5) is 15.9. The molecule has 0 saturated heterocycles. The van der Waals surface area contributed by atoms with Gasteiger partial charge in [-0.25, -0.2) is 0 Å². The molecule has 1 rings (SSSR count). The van der Waals surface area contributed by atoms with Crippen LogP contribution in [0.3, 0.4) is 0 Å². The SMILES string of the molecule is CN=C(NCC(=O)NC(C)(C)C)NCc1ccc(OCC(F)(F)F)c(OC)c1.I. The highest BCUT2D eigenvalue weighted by Crippen LogP contribution is 2.29. The van der Waals surface area contributed by atoms with Crippen molar-refractivity contribution in [3.8, 4) is 11.5 Å². The van der Waals surface area contributed by atoms with Gasteiger partial charge in [0.25, 0.3) is 0 Å². The first kappa shape index (κ1) is 27.1. The Hall–Kier alpha value is -1.92. The van der Waals surface area contributed by atoms with E-state index in [9.17, 15) is 18.0 Å². The van der Waals surface area contributed by atoms with Crippen LogP contribution in [-0.2, 0) is 11.3 Å². The van der Waals surface area contributed by atoms with Crippen LogP contribution in [0.1, 0.15) is 26.3 Å². The second kappa shape index (κ2) is 11.9. The highest BCUT2D eigenvalue weighted by molar-refractivity contribution is 14.0. The maximum absolute atomic E-state index is 12.3. The smallest absolute Gasteiger partial charge is 0.422 e. The van der Waals surface area contributed by atoms with Crippen LogP contribution in [-0.4, -0.2) is 50.9 Å². The van der Waals surface area contributed by atoms with Gasteiger partial charge in [0.2, 0.25) is 5.91 Å². The van der Waals surface area contributed by atoms with Gasteiger partial charge in [0.05, 0.1) is 13.7 Å². The molecule has 11 heteroatoms. The summed E-state index contributed by atoms with van der Waals surface area (Å²) in [7, 11) is 2.91. The number of benzene rings is 1. The van der Waals surface area contributed by atoms with Crippen LogP contribution in [0, 0.1) is 0 Å². The first-order chi connectivity index (χ1) is 12.9. The normalized spacial score (nSPS) is 11.9. The second-order valence-electron chi connectivity index (χ2n) is 6.97. The number of halogens is 4. The van der Waals surface area contributed by atoms with Crippen molar-refractivity contribution in [2.75, 3.05) is 27.3 Å². The highest BCUT2D eigenvalue weighted by Gasteiger charge is 2.29. The van der Waals surface area contributed by atoms with Crippen molar-refractivity contribution < 1.29 is 27.4 Å². The number of hydrogen-bond acceptors (Lipinski definition) is 4. The fourth-order valence-corrected chi connectivity index (χ4v) is 2.13. The molecule has 29 heavy (non-hydrogen) atoms. The van der Waals surface area contributed by atoms with Crippen molar-refractivity contribution in [2.45, 2.75) is 39.0 Å². The van der Waals surface area contributed by atoms with Crippen LogP contribution in [0.2, 0.25) is 0 Å². The van der Waals surface area contributed by atoms with Gasteiger partial charge in [-0.05, 0) is 38.5 Å². The van der Waals surface area contributed by atoms with Gasteiger partial charge >= 0.3 is 6.18 Å². The topological polar surface area (TPSA) is 84.0 Å². The van der Waals surface area contributed by atoms with Crippen LogP contribution < -0.4 is 25.4 Å². The van der Waals surface area contributed by atoms with E-state index in [4.69, 9.17) is 9.47 Å². The molecule has 0 saturated carbocycles. The van der Waals surface area contributed by atoms with E-state index in [2.05, 4.69) is 20.9 Å². The van der Waals surface area contributed by atoms with E-state index in [1.54, 1.807) is 19.2 Å². The first-order valence-electron chi connectivity index (χ1n) is 8.55. The van der Waals surface area contributed by atoms with Crippen molar-refractivity contribution in [3.05, 3.63) is 23.8 Å². The Labute approximate surface area is 185 Å². The minimum atomic E-state index is -4.43. The van der Waals surface area contributed by atoms with Gasteiger partial charge in [-0.1, -0.05) is 6.07 Å². The van der Waals surface area contributed by atoms with Gasteiger partial charge in [0.15, 0.2) is 24.1 Å². The minimum absolute atomic E-state index is 0. The van der Waals surface area contributed by atoms with Crippen LogP contribution in [0.25, 0.3) is 0 Å². The Balaban J connectivity index is 0.00000784. The van der Waals surface area contributed by atoms with E-state index in [-0.39, 0.29) is 53.5 Å². The predicted octanol–water partition coefficient (Wildman–Crippen LogP) is 2.83. The number of aliphatic imine (C=N–C) groups is 1. The minimum Gasteiger partial charge on any atom is -0.493 e. The van der Waals surface area contributed by atoms with E-state index < -0.39 is 12.8 Å². The summed E-state index contributed by atoms with van der Waals surface area (Å²) in [5.41, 5.74) is 0.403. The largest absolute Gasteiger partial charge is 0.493 e. The van der Waals surface area contributed by atoms with Crippen LogP contribution >= 0.6 is 24.0 Å². The summed E-state index contributed by atoms with van der Waals surface area (Å²) in [5, 5.41) is 8.72. The van der Waals surface area contributed by atoms with E-state index in [0.29, 0.717) is 12.5 Å². The Bertz CT molecular complexity index is 692. The third-order valence-electron chi connectivity index (χ3n) is 3.23. The van der Waals surface area contributed by atoms with Crippen LogP contribution in [0.15, 0.2) is 23.2 Å². The monoisotopic (exact) mass is 532 g/mol. The first-order valence-corrected chi connectivity index (χ1v) is 8.55. The van der Waals surface area contributed by atoms with Gasteiger partial charge in [-0.15, -0.1) is 24.0 Å². The van der Waals surface area contributed by atoms with Gasteiger partial charge in [0.1, 0.15) is 0 Å². The quantitative estimate of drug-likeness (QED) is 0.286. The zero-order chi connectivity index (χ0) is 21.4. The lowest BCUT2D eigenvalue weighted by Crippen LogP contribution is -2.48. The third-order valence-corrected chi connectivity index (χ3v) is 3.23. The summed E-state index contributed by atoms with van der Waals surface area (Å²) < 4.78 is 46.7. The molecule has 0 aromatic heterocycles. The summed E-state index contributed by atoms with van der Waals surface area (Å²) in [5.74, 6) is 0.421. The Morgan fingerprint density at radius 2 is 1.79 bits per heavy atom. The molecule has 3 N–H and O–H groups in total. The Morgan fingerprint density at radius 3 is 2.31 bits per heavy atom. The number of amides is 1. The molecule has 0 fully saturated rings. The summed E-state index contributed by atoms with van der Waals surface area (Å²) in [6.45, 7) is 4.61. The van der Waals surface area contributed by atoms with E-state index >= 15 is 0 Å². The van der Waals surface area contributed by atoms with Crippen molar-refractivity contribution in [1.29, 1.82) is 0 Å². The summed E-state index contributed by atoms with van der Waals surface area (Å²) >= 11 is 0. The number of alkyl halides is 3. The molecule has 166 valence electrons. The fraction of sp³-hybridized carbons (Fsp3) is 0.556. The number of guanidine groups is 1. The molecule has 0 heterocycles. The molecule has 1 amide bonds. The van der Waals surface area contributed by atoms with E-state index in [1.807, 2.05) is 20.8 Å². The number of nitrogens with zero attached hydrogens (tertiary/aromatic N) is 1. The molecule has 0 unspecified atom stereocenters. The Kier molecular flexibility index (Phi) is 11.1. The number of ether oxygens (including phenoxy) is 2. The second-order valence-corrected chi connectivity index (χ2v) is 6.97. The lowest BCUT2D eigenvalue weighted by atomic mass is 10.1. The zero-order valence-electron chi connectivity index (χ0n) is 17.1. The summed E-state index contributed by atoms with van der Waals surface area (Å²) in [6, 6.07) is 4.59. The van der Waals surface area contributed by atoms with Crippen molar-refractivity contribution in [3.63, 3.8) is 0 Å². The van der Waals surface area contributed by atoms with Gasteiger partial charge in [-0.2, -0.15) is 13.2 Å². The molecule has 0 spiro atoms. The van der Waals surface area contributed by atoms with Gasteiger partial charge < -0.3 is 25.4 Å². The molecular weight excluding hydrogens is 504 g/mol. The van der Waals surface area contributed by atoms with Crippen molar-refractivity contribution in [2.24, 2.45) is 4.99 Å². The maximum Gasteiger partial charge on any atom is 0.422 e. The number of nitrogens with one attached hydrogen (secondary N) is 3. The Morgan fingerprint density at radius 1 is 1.14 bits per heavy atom. The predicted molar refractivity (Wildman–Crippen MR) is 116 cm³/mol. The number of carbonyl (C=O) groups excluding carboxylic acids is 1. The molecule has 0 radical (unpaired) electrons. The molecule has 0 atom stereocenters. The lowest BCUT2D eigenvalue weighted by molar-refractivity contribution is -0.153. The molecule has 0 aliphatic carbocycles. The number of carbonyl (C=O) groups is 1. The van der Waals surface area contributed by atoms with Crippen molar-refractivity contribution in [1.82, 2.24) is 16.0 Å². The lowest BCUT2D eigenvalue weighted by Gasteiger charge is -2.21. The molecule has 1 aromatic carbocycles. The average molecular weight is 532 g/mol. The van der Waals surface area contributed by atoms with E-state index in [1.165, 1.54) is 13.2 Å².